The number of allylic oxidation sites excluding steroid dienone is 1. The predicted molar refractivity (Wildman–Crippen MR) is 82.3 cm³/mol. The van der Waals surface area contributed by atoms with Crippen molar-refractivity contribution < 1.29 is 4.39 Å². The summed E-state index contributed by atoms with van der Waals surface area (Å²) in [4.78, 5) is 0. The lowest BCUT2D eigenvalue weighted by atomic mass is 9.93. The molecule has 0 fully saturated rings. The Bertz CT molecular complexity index is 650. The van der Waals surface area contributed by atoms with E-state index in [4.69, 9.17) is 5.73 Å². The lowest BCUT2D eigenvalue weighted by Gasteiger charge is -2.23. The number of hydrogen-bond donors (Lipinski definition) is 1. The van der Waals surface area contributed by atoms with Crippen LogP contribution in [0.1, 0.15) is 26.3 Å². The van der Waals surface area contributed by atoms with Gasteiger partial charge in [-0.1, -0.05) is 27.4 Å². The monoisotopic (exact) mass is 324 g/mol. The molecule has 1 aromatic heterocycles. The minimum atomic E-state index is -0.277. The summed E-state index contributed by atoms with van der Waals surface area (Å²) < 4.78 is 16.1. The van der Waals surface area contributed by atoms with Crippen molar-refractivity contribution >= 4 is 32.5 Å². The molecule has 0 saturated carbocycles. The zero-order valence-corrected chi connectivity index (χ0v) is 13.0. The maximum Gasteiger partial charge on any atom is 0.138 e. The Morgan fingerprint density at radius 1 is 1.42 bits per heavy atom. The van der Waals surface area contributed by atoms with E-state index in [-0.39, 0.29) is 11.2 Å². The molecule has 0 bridgehead atoms. The van der Waals surface area contributed by atoms with Crippen LogP contribution >= 0.6 is 15.9 Å². The van der Waals surface area contributed by atoms with Crippen LogP contribution in [-0.2, 0) is 6.54 Å². The number of halogens is 2. The maximum absolute atomic E-state index is 13.7. The molecule has 0 aliphatic heterocycles. The molecular formula is C15H18BrFN2. The van der Waals surface area contributed by atoms with Gasteiger partial charge >= 0.3 is 0 Å². The number of nitrogens with two attached hydrogens (primary N) is 1. The average Bonchev–Trinajstić information content (AvgIpc) is 2.65. The van der Waals surface area contributed by atoms with Crippen molar-refractivity contribution in [2.45, 2.75) is 27.3 Å². The van der Waals surface area contributed by atoms with Crippen molar-refractivity contribution in [2.24, 2.45) is 11.1 Å². The van der Waals surface area contributed by atoms with Gasteiger partial charge in [0, 0.05) is 29.2 Å². The van der Waals surface area contributed by atoms with Gasteiger partial charge in [-0.2, -0.15) is 0 Å². The molecule has 2 aromatic rings. The molecule has 2 rings (SSSR count). The Hall–Kier alpha value is -1.13. The van der Waals surface area contributed by atoms with E-state index < -0.39 is 0 Å². The molecule has 1 aromatic carbocycles. The molecular weight excluding hydrogens is 307 g/mol. The number of aromatic nitrogens is 1. The van der Waals surface area contributed by atoms with Crippen LogP contribution in [-0.4, -0.2) is 4.57 Å². The SMILES string of the molecule is C=C(n1cc(CN)c2cc(F)c(Br)cc21)C(C)(C)C. The third-order valence-corrected chi connectivity index (χ3v) is 3.91. The standard InChI is InChI=1S/C15H18BrFN2/c1-9(15(2,3)4)19-8-10(7-18)11-5-13(17)12(16)6-14(11)19/h5-6,8H,1,7,18H2,2-4H3. The Morgan fingerprint density at radius 2 is 2.05 bits per heavy atom. The first-order chi connectivity index (χ1) is 8.75. The molecule has 2 N–H and O–H groups in total. The van der Waals surface area contributed by atoms with Gasteiger partial charge in [0.2, 0.25) is 0 Å². The first-order valence-electron chi connectivity index (χ1n) is 6.14. The summed E-state index contributed by atoms with van der Waals surface area (Å²) >= 11 is 3.23. The second-order valence-corrected chi connectivity index (χ2v) is 6.56. The maximum atomic E-state index is 13.7. The smallest absolute Gasteiger partial charge is 0.138 e. The normalized spacial score (nSPS) is 12.1. The van der Waals surface area contributed by atoms with Crippen LogP contribution in [0.3, 0.4) is 0 Å². The van der Waals surface area contributed by atoms with Crippen LogP contribution in [0, 0.1) is 11.2 Å². The fraction of sp³-hybridized carbons (Fsp3) is 0.333. The van der Waals surface area contributed by atoms with E-state index in [0.717, 1.165) is 22.2 Å². The van der Waals surface area contributed by atoms with Gasteiger partial charge < -0.3 is 10.3 Å². The highest BCUT2D eigenvalue weighted by molar-refractivity contribution is 9.10. The Morgan fingerprint density at radius 3 is 2.58 bits per heavy atom. The van der Waals surface area contributed by atoms with E-state index in [0.29, 0.717) is 11.0 Å². The van der Waals surface area contributed by atoms with Crippen LogP contribution in [0.4, 0.5) is 4.39 Å². The van der Waals surface area contributed by atoms with Crippen LogP contribution in [0.5, 0.6) is 0 Å². The summed E-state index contributed by atoms with van der Waals surface area (Å²) in [5.41, 5.74) is 8.48. The Balaban J connectivity index is 2.76. The van der Waals surface area contributed by atoms with Crippen LogP contribution in [0.15, 0.2) is 29.4 Å². The summed E-state index contributed by atoms with van der Waals surface area (Å²) in [5, 5.41) is 0.841. The third kappa shape index (κ3) is 2.47. The summed E-state index contributed by atoms with van der Waals surface area (Å²) in [7, 11) is 0. The average molecular weight is 325 g/mol. The van der Waals surface area contributed by atoms with Gasteiger partial charge in [-0.15, -0.1) is 0 Å². The van der Waals surface area contributed by atoms with Gasteiger partial charge in [0.05, 0.1) is 9.99 Å². The first-order valence-corrected chi connectivity index (χ1v) is 6.94. The topological polar surface area (TPSA) is 30.9 Å². The molecule has 4 heteroatoms. The quantitative estimate of drug-likeness (QED) is 0.865. The first kappa shape index (κ1) is 14.3. The third-order valence-electron chi connectivity index (χ3n) is 3.31. The molecule has 0 radical (unpaired) electrons. The zero-order valence-electron chi connectivity index (χ0n) is 11.4. The summed E-state index contributed by atoms with van der Waals surface area (Å²) in [5.74, 6) is -0.277. The van der Waals surface area contributed by atoms with Crippen molar-refractivity contribution in [1.82, 2.24) is 4.57 Å². The van der Waals surface area contributed by atoms with Crippen molar-refractivity contribution in [2.75, 3.05) is 0 Å². The Labute approximate surface area is 121 Å². The molecule has 0 amide bonds. The number of nitrogens with zero attached hydrogens (tertiary/aromatic N) is 1. The van der Waals surface area contributed by atoms with Crippen molar-refractivity contribution in [3.05, 3.63) is 40.8 Å². The minimum absolute atomic E-state index is 0.0708. The summed E-state index contributed by atoms with van der Waals surface area (Å²) in [6, 6.07) is 3.30. The fourth-order valence-electron chi connectivity index (χ4n) is 2.04. The van der Waals surface area contributed by atoms with E-state index in [9.17, 15) is 4.39 Å². The summed E-state index contributed by atoms with van der Waals surface area (Å²) in [6.07, 6.45) is 1.95. The van der Waals surface area contributed by atoms with Gasteiger partial charge in [-0.05, 0) is 33.6 Å². The second kappa shape index (κ2) is 4.76. The van der Waals surface area contributed by atoms with E-state index in [1.54, 1.807) is 6.07 Å². The minimum Gasteiger partial charge on any atom is -0.326 e. The Kier molecular flexibility index (Phi) is 3.58. The molecule has 19 heavy (non-hydrogen) atoms. The van der Waals surface area contributed by atoms with Crippen molar-refractivity contribution in [1.29, 1.82) is 0 Å². The van der Waals surface area contributed by atoms with Gasteiger partial charge in [0.25, 0.3) is 0 Å². The molecule has 0 atom stereocenters. The lowest BCUT2D eigenvalue weighted by Crippen LogP contribution is -2.12. The molecule has 102 valence electrons. The van der Waals surface area contributed by atoms with Gasteiger partial charge in [-0.3, -0.25) is 0 Å². The highest BCUT2D eigenvalue weighted by atomic mass is 79.9. The van der Waals surface area contributed by atoms with Gasteiger partial charge in [0.15, 0.2) is 0 Å². The number of benzene rings is 1. The van der Waals surface area contributed by atoms with Crippen molar-refractivity contribution in [3.63, 3.8) is 0 Å². The molecule has 0 saturated heterocycles. The molecule has 0 aliphatic carbocycles. The zero-order chi connectivity index (χ0) is 14.4. The fourth-order valence-corrected chi connectivity index (χ4v) is 2.37. The lowest BCUT2D eigenvalue weighted by molar-refractivity contribution is 0.543. The number of hydrogen-bond acceptors (Lipinski definition) is 1. The van der Waals surface area contributed by atoms with E-state index >= 15 is 0 Å². The van der Waals surface area contributed by atoms with Gasteiger partial charge in [-0.25, -0.2) is 4.39 Å². The molecule has 0 unspecified atom stereocenters. The second-order valence-electron chi connectivity index (χ2n) is 5.71. The van der Waals surface area contributed by atoms with Gasteiger partial charge in [0.1, 0.15) is 5.82 Å². The number of rotatable bonds is 2. The summed E-state index contributed by atoms with van der Waals surface area (Å²) in [6.45, 7) is 10.8. The van der Waals surface area contributed by atoms with E-state index in [1.165, 1.54) is 6.07 Å². The van der Waals surface area contributed by atoms with E-state index in [1.807, 2.05) is 10.8 Å². The molecule has 0 spiro atoms. The van der Waals surface area contributed by atoms with Crippen LogP contribution < -0.4 is 5.73 Å². The molecule has 0 aliphatic rings. The molecule has 2 nitrogen and oxygen atoms in total. The predicted octanol–water partition coefficient (Wildman–Crippen LogP) is 4.52. The highest BCUT2D eigenvalue weighted by Gasteiger charge is 2.20. The highest BCUT2D eigenvalue weighted by Crippen LogP contribution is 2.34. The van der Waals surface area contributed by atoms with Crippen LogP contribution in [0.25, 0.3) is 16.6 Å². The van der Waals surface area contributed by atoms with E-state index in [2.05, 4.69) is 43.3 Å². The molecule has 1 heterocycles. The van der Waals surface area contributed by atoms with Crippen molar-refractivity contribution in [3.8, 4) is 0 Å². The number of fused-ring (bicyclic) bond motifs is 1. The largest absolute Gasteiger partial charge is 0.326 e. The van der Waals surface area contributed by atoms with Crippen LogP contribution in [0.2, 0.25) is 0 Å².